The van der Waals surface area contributed by atoms with Gasteiger partial charge in [-0.25, -0.2) is 0 Å². The van der Waals surface area contributed by atoms with E-state index in [0.29, 0.717) is 12.6 Å². The minimum absolute atomic E-state index is 0.321. The zero-order valence-electron chi connectivity index (χ0n) is 9.50. The second-order valence-electron chi connectivity index (χ2n) is 4.31. The zero-order chi connectivity index (χ0) is 10.4. The standard InChI is InChI=1S/C11H24N2O/c1-3-12-11-5-7-13(6-4-8-14)9-10(11)2/h10-12,14H,3-9H2,1-2H3. The van der Waals surface area contributed by atoms with Crippen LogP contribution in [0.2, 0.25) is 0 Å². The van der Waals surface area contributed by atoms with Crippen molar-refractivity contribution in [2.75, 3.05) is 32.8 Å². The Kier molecular flexibility index (Phi) is 5.45. The van der Waals surface area contributed by atoms with Gasteiger partial charge < -0.3 is 15.3 Å². The fraction of sp³-hybridized carbons (Fsp3) is 1.00. The fourth-order valence-corrected chi connectivity index (χ4v) is 2.29. The minimum Gasteiger partial charge on any atom is -0.396 e. The summed E-state index contributed by atoms with van der Waals surface area (Å²) in [4.78, 5) is 2.47. The average Bonchev–Trinajstić information content (AvgIpc) is 2.19. The summed E-state index contributed by atoms with van der Waals surface area (Å²) in [5.74, 6) is 0.738. The molecule has 0 amide bonds. The molecule has 0 bridgehead atoms. The predicted octanol–water partition coefficient (Wildman–Crippen LogP) is 0.689. The van der Waals surface area contributed by atoms with Gasteiger partial charge in [-0.1, -0.05) is 13.8 Å². The second-order valence-corrected chi connectivity index (χ2v) is 4.31. The lowest BCUT2D eigenvalue weighted by atomic mass is 9.94. The van der Waals surface area contributed by atoms with Crippen molar-refractivity contribution in [2.45, 2.75) is 32.7 Å². The number of hydrogen-bond donors (Lipinski definition) is 2. The van der Waals surface area contributed by atoms with Crippen molar-refractivity contribution in [1.82, 2.24) is 10.2 Å². The lowest BCUT2D eigenvalue weighted by Gasteiger charge is -2.37. The van der Waals surface area contributed by atoms with E-state index in [2.05, 4.69) is 24.1 Å². The van der Waals surface area contributed by atoms with E-state index in [4.69, 9.17) is 5.11 Å². The molecule has 3 nitrogen and oxygen atoms in total. The third-order valence-electron chi connectivity index (χ3n) is 3.09. The van der Waals surface area contributed by atoms with Crippen LogP contribution in [0.3, 0.4) is 0 Å². The molecule has 1 fully saturated rings. The maximum atomic E-state index is 8.76. The molecule has 1 saturated heterocycles. The van der Waals surface area contributed by atoms with Gasteiger partial charge in [-0.2, -0.15) is 0 Å². The third kappa shape index (κ3) is 3.56. The van der Waals surface area contributed by atoms with Gasteiger partial charge in [-0.3, -0.25) is 0 Å². The average molecular weight is 200 g/mol. The topological polar surface area (TPSA) is 35.5 Å². The first-order valence-corrected chi connectivity index (χ1v) is 5.84. The van der Waals surface area contributed by atoms with Crippen molar-refractivity contribution in [3.05, 3.63) is 0 Å². The Morgan fingerprint density at radius 3 is 2.86 bits per heavy atom. The molecule has 14 heavy (non-hydrogen) atoms. The normalized spacial score (nSPS) is 29.4. The molecule has 0 spiro atoms. The quantitative estimate of drug-likeness (QED) is 0.685. The molecule has 0 aromatic carbocycles. The van der Waals surface area contributed by atoms with Gasteiger partial charge in [-0.15, -0.1) is 0 Å². The molecule has 0 saturated carbocycles. The van der Waals surface area contributed by atoms with Crippen LogP contribution in [0.25, 0.3) is 0 Å². The minimum atomic E-state index is 0.321. The molecule has 1 rings (SSSR count). The Morgan fingerprint density at radius 1 is 1.50 bits per heavy atom. The van der Waals surface area contributed by atoms with Gasteiger partial charge in [0.2, 0.25) is 0 Å². The summed E-state index contributed by atoms with van der Waals surface area (Å²) >= 11 is 0. The molecule has 2 N–H and O–H groups in total. The van der Waals surface area contributed by atoms with E-state index in [0.717, 1.165) is 25.4 Å². The van der Waals surface area contributed by atoms with Crippen LogP contribution < -0.4 is 5.32 Å². The smallest absolute Gasteiger partial charge is 0.0443 e. The first kappa shape index (κ1) is 12.0. The van der Waals surface area contributed by atoms with Crippen LogP contribution >= 0.6 is 0 Å². The highest BCUT2D eigenvalue weighted by atomic mass is 16.3. The number of hydrogen-bond acceptors (Lipinski definition) is 3. The van der Waals surface area contributed by atoms with Crippen molar-refractivity contribution in [2.24, 2.45) is 5.92 Å². The number of aliphatic hydroxyl groups excluding tert-OH is 1. The van der Waals surface area contributed by atoms with E-state index >= 15 is 0 Å². The summed E-state index contributed by atoms with van der Waals surface area (Å²) in [6.45, 7) is 9.30. The molecule has 1 aliphatic heterocycles. The van der Waals surface area contributed by atoms with Crippen LogP contribution in [-0.4, -0.2) is 48.8 Å². The maximum absolute atomic E-state index is 8.76. The van der Waals surface area contributed by atoms with Crippen molar-refractivity contribution in [3.63, 3.8) is 0 Å². The second kappa shape index (κ2) is 6.38. The molecule has 1 aliphatic rings. The molecule has 0 aliphatic carbocycles. The van der Waals surface area contributed by atoms with Crippen LogP contribution in [0.4, 0.5) is 0 Å². The number of nitrogens with one attached hydrogen (secondary N) is 1. The predicted molar refractivity (Wildman–Crippen MR) is 59.4 cm³/mol. The summed E-state index contributed by atoms with van der Waals surface area (Å²) < 4.78 is 0. The van der Waals surface area contributed by atoms with Crippen LogP contribution in [0.1, 0.15) is 26.7 Å². The number of likely N-dealkylation sites (tertiary alicyclic amines) is 1. The summed E-state index contributed by atoms with van der Waals surface area (Å²) in [7, 11) is 0. The number of rotatable bonds is 5. The van der Waals surface area contributed by atoms with Crippen LogP contribution in [-0.2, 0) is 0 Å². The molecule has 0 radical (unpaired) electrons. The first-order chi connectivity index (χ1) is 6.77. The molecular weight excluding hydrogens is 176 g/mol. The van der Waals surface area contributed by atoms with Gasteiger partial charge in [0, 0.05) is 25.7 Å². The van der Waals surface area contributed by atoms with Crippen LogP contribution in [0.5, 0.6) is 0 Å². The third-order valence-corrected chi connectivity index (χ3v) is 3.09. The van der Waals surface area contributed by atoms with Gasteiger partial charge in [-0.05, 0) is 31.8 Å². The molecule has 0 aromatic heterocycles. The lowest BCUT2D eigenvalue weighted by molar-refractivity contribution is 0.137. The van der Waals surface area contributed by atoms with E-state index in [1.807, 2.05) is 0 Å². The Hall–Kier alpha value is -0.120. The van der Waals surface area contributed by atoms with Crippen LogP contribution in [0.15, 0.2) is 0 Å². The van der Waals surface area contributed by atoms with E-state index in [9.17, 15) is 0 Å². The summed E-state index contributed by atoms with van der Waals surface area (Å²) in [6.07, 6.45) is 2.17. The largest absolute Gasteiger partial charge is 0.396 e. The number of aliphatic hydroxyl groups is 1. The fourth-order valence-electron chi connectivity index (χ4n) is 2.29. The van der Waals surface area contributed by atoms with E-state index in [1.165, 1.54) is 19.5 Å². The SMILES string of the molecule is CCNC1CCN(CCCO)CC1C. The highest BCUT2D eigenvalue weighted by Crippen LogP contribution is 2.16. The Bertz CT molecular complexity index is 152. The Balaban J connectivity index is 2.24. The summed E-state index contributed by atoms with van der Waals surface area (Å²) in [6, 6.07) is 0.699. The molecule has 84 valence electrons. The van der Waals surface area contributed by atoms with Crippen molar-refractivity contribution >= 4 is 0 Å². The van der Waals surface area contributed by atoms with E-state index in [-0.39, 0.29) is 0 Å². The molecular formula is C11H24N2O. The summed E-state index contributed by atoms with van der Waals surface area (Å²) in [5, 5.41) is 12.3. The highest BCUT2D eigenvalue weighted by Gasteiger charge is 2.24. The molecule has 2 atom stereocenters. The Morgan fingerprint density at radius 2 is 2.29 bits per heavy atom. The molecule has 3 heteroatoms. The van der Waals surface area contributed by atoms with Crippen molar-refractivity contribution in [3.8, 4) is 0 Å². The summed E-state index contributed by atoms with van der Waals surface area (Å²) in [5.41, 5.74) is 0. The molecule has 0 aromatic rings. The van der Waals surface area contributed by atoms with Crippen molar-refractivity contribution in [1.29, 1.82) is 0 Å². The van der Waals surface area contributed by atoms with Gasteiger partial charge in [0.15, 0.2) is 0 Å². The number of piperidine rings is 1. The van der Waals surface area contributed by atoms with Gasteiger partial charge in [0.1, 0.15) is 0 Å². The monoisotopic (exact) mass is 200 g/mol. The van der Waals surface area contributed by atoms with Crippen molar-refractivity contribution < 1.29 is 5.11 Å². The number of nitrogens with zero attached hydrogens (tertiary/aromatic N) is 1. The molecule has 2 unspecified atom stereocenters. The maximum Gasteiger partial charge on any atom is 0.0443 e. The lowest BCUT2D eigenvalue weighted by Crippen LogP contribution is -2.48. The van der Waals surface area contributed by atoms with Gasteiger partial charge in [0.25, 0.3) is 0 Å². The molecule has 1 heterocycles. The highest BCUT2D eigenvalue weighted by molar-refractivity contribution is 4.82. The van der Waals surface area contributed by atoms with Gasteiger partial charge in [0.05, 0.1) is 0 Å². The zero-order valence-corrected chi connectivity index (χ0v) is 9.50. The Labute approximate surface area is 87.5 Å². The first-order valence-electron chi connectivity index (χ1n) is 5.84. The van der Waals surface area contributed by atoms with E-state index < -0.39 is 0 Å². The van der Waals surface area contributed by atoms with Gasteiger partial charge >= 0.3 is 0 Å². The van der Waals surface area contributed by atoms with Crippen LogP contribution in [0, 0.1) is 5.92 Å². The van der Waals surface area contributed by atoms with E-state index in [1.54, 1.807) is 0 Å².